The molecule has 0 bridgehead atoms. The molecule has 0 aromatic heterocycles. The van der Waals surface area contributed by atoms with Crippen molar-refractivity contribution in [2.75, 3.05) is 7.05 Å². The summed E-state index contributed by atoms with van der Waals surface area (Å²) in [5.74, 6) is 0. The molecule has 1 N–H and O–H groups in total. The second-order valence-corrected chi connectivity index (χ2v) is 5.61. The maximum Gasteiger partial charge on any atom is 0.0424 e. The quantitative estimate of drug-likeness (QED) is 0.853. The fourth-order valence-corrected chi connectivity index (χ4v) is 2.78. The van der Waals surface area contributed by atoms with E-state index in [1.54, 1.807) is 6.07 Å². The molecule has 0 saturated heterocycles. The van der Waals surface area contributed by atoms with E-state index in [0.717, 1.165) is 12.0 Å². The Kier molecular flexibility index (Phi) is 4.87. The molecule has 0 saturated carbocycles. The van der Waals surface area contributed by atoms with Crippen molar-refractivity contribution in [3.05, 3.63) is 69.2 Å². The normalized spacial score (nSPS) is 12.4. The van der Waals surface area contributed by atoms with Crippen LogP contribution in [0.1, 0.15) is 22.7 Å². The fourth-order valence-electron chi connectivity index (χ4n) is 2.24. The minimum Gasteiger partial charge on any atom is -0.313 e. The van der Waals surface area contributed by atoms with Crippen LogP contribution in [0.25, 0.3) is 0 Å². The Labute approximate surface area is 124 Å². The predicted molar refractivity (Wildman–Crippen MR) is 83.1 cm³/mol. The van der Waals surface area contributed by atoms with E-state index >= 15 is 0 Å². The third-order valence-corrected chi connectivity index (χ3v) is 3.59. The van der Waals surface area contributed by atoms with Crippen LogP contribution in [0, 0.1) is 6.92 Å². The summed E-state index contributed by atoms with van der Waals surface area (Å²) in [5.41, 5.74) is 3.69. The van der Waals surface area contributed by atoms with Gasteiger partial charge in [-0.15, -0.1) is 0 Å². The fraction of sp³-hybridized carbons (Fsp3) is 0.250. The lowest BCUT2D eigenvalue weighted by atomic mass is 9.98. The topological polar surface area (TPSA) is 12.0 Å². The first-order valence-corrected chi connectivity index (χ1v) is 7.03. The number of nitrogens with one attached hydrogen (secondary N) is 1. The molecule has 1 unspecified atom stereocenters. The average molecular weight is 294 g/mol. The van der Waals surface area contributed by atoms with Crippen molar-refractivity contribution >= 4 is 23.2 Å². The van der Waals surface area contributed by atoms with E-state index in [0.29, 0.717) is 10.0 Å². The SMILES string of the molecule is CNC(Cc1cccc(C)c1)c1cc(Cl)cc(Cl)c1. The largest absolute Gasteiger partial charge is 0.313 e. The van der Waals surface area contributed by atoms with Gasteiger partial charge in [0.15, 0.2) is 0 Å². The summed E-state index contributed by atoms with van der Waals surface area (Å²) < 4.78 is 0. The summed E-state index contributed by atoms with van der Waals surface area (Å²) >= 11 is 12.1. The van der Waals surface area contributed by atoms with Crippen LogP contribution in [0.4, 0.5) is 0 Å². The molecule has 0 aliphatic carbocycles. The first-order valence-electron chi connectivity index (χ1n) is 6.27. The third kappa shape index (κ3) is 3.97. The van der Waals surface area contributed by atoms with E-state index in [1.807, 2.05) is 19.2 Å². The van der Waals surface area contributed by atoms with E-state index < -0.39 is 0 Å². The maximum atomic E-state index is 6.07. The predicted octanol–water partition coefficient (Wildman–Crippen LogP) is 4.81. The van der Waals surface area contributed by atoms with Gasteiger partial charge < -0.3 is 5.32 Å². The molecule has 2 aromatic rings. The number of halogens is 2. The van der Waals surface area contributed by atoms with Crippen LogP contribution >= 0.6 is 23.2 Å². The van der Waals surface area contributed by atoms with Gasteiger partial charge in [-0.25, -0.2) is 0 Å². The van der Waals surface area contributed by atoms with Crippen molar-refractivity contribution < 1.29 is 0 Å². The van der Waals surface area contributed by atoms with E-state index in [-0.39, 0.29) is 6.04 Å². The first kappa shape index (κ1) is 14.4. The van der Waals surface area contributed by atoms with Gasteiger partial charge in [0.05, 0.1) is 0 Å². The molecule has 2 rings (SSSR count). The Hall–Kier alpha value is -1.02. The molecule has 0 aliphatic heterocycles. The Bertz CT molecular complexity index is 546. The zero-order valence-electron chi connectivity index (χ0n) is 11.1. The zero-order valence-corrected chi connectivity index (χ0v) is 12.6. The molecule has 3 heteroatoms. The van der Waals surface area contributed by atoms with E-state index in [1.165, 1.54) is 11.1 Å². The Morgan fingerprint density at radius 2 is 1.74 bits per heavy atom. The molecule has 0 radical (unpaired) electrons. The first-order chi connectivity index (χ1) is 9.08. The summed E-state index contributed by atoms with van der Waals surface area (Å²) in [7, 11) is 1.95. The van der Waals surface area contributed by atoms with Gasteiger partial charge in [0, 0.05) is 16.1 Å². The third-order valence-electron chi connectivity index (χ3n) is 3.16. The van der Waals surface area contributed by atoms with Crippen LogP contribution in [-0.4, -0.2) is 7.05 Å². The molecule has 19 heavy (non-hydrogen) atoms. The van der Waals surface area contributed by atoms with Crippen molar-refractivity contribution in [1.29, 1.82) is 0 Å². The highest BCUT2D eigenvalue weighted by Gasteiger charge is 2.11. The number of likely N-dealkylation sites (N-methyl/N-ethyl adjacent to an activating group) is 1. The molecule has 1 nitrogen and oxygen atoms in total. The molecule has 0 heterocycles. The van der Waals surface area contributed by atoms with Gasteiger partial charge in [0.1, 0.15) is 0 Å². The average Bonchev–Trinajstić information content (AvgIpc) is 2.34. The van der Waals surface area contributed by atoms with Gasteiger partial charge in [0.25, 0.3) is 0 Å². The van der Waals surface area contributed by atoms with Crippen LogP contribution < -0.4 is 5.32 Å². The highest BCUT2D eigenvalue weighted by molar-refractivity contribution is 6.34. The van der Waals surface area contributed by atoms with Crippen LogP contribution in [0.2, 0.25) is 10.0 Å². The molecule has 0 amide bonds. The molecule has 0 aliphatic rings. The lowest BCUT2D eigenvalue weighted by Crippen LogP contribution is -2.18. The Morgan fingerprint density at radius 1 is 1.05 bits per heavy atom. The lowest BCUT2D eigenvalue weighted by molar-refractivity contribution is 0.592. The molecular weight excluding hydrogens is 277 g/mol. The smallest absolute Gasteiger partial charge is 0.0424 e. The number of hydrogen-bond donors (Lipinski definition) is 1. The minimum absolute atomic E-state index is 0.206. The van der Waals surface area contributed by atoms with Crippen LogP contribution in [-0.2, 0) is 6.42 Å². The van der Waals surface area contributed by atoms with Crippen molar-refractivity contribution in [2.45, 2.75) is 19.4 Å². The van der Waals surface area contributed by atoms with Crippen molar-refractivity contribution in [3.63, 3.8) is 0 Å². The van der Waals surface area contributed by atoms with Gasteiger partial charge in [-0.1, -0.05) is 53.0 Å². The van der Waals surface area contributed by atoms with Crippen molar-refractivity contribution in [2.24, 2.45) is 0 Å². The monoisotopic (exact) mass is 293 g/mol. The van der Waals surface area contributed by atoms with Gasteiger partial charge in [-0.05, 0) is 49.7 Å². The van der Waals surface area contributed by atoms with Crippen LogP contribution in [0.5, 0.6) is 0 Å². The number of rotatable bonds is 4. The van der Waals surface area contributed by atoms with Crippen molar-refractivity contribution in [1.82, 2.24) is 5.32 Å². The van der Waals surface area contributed by atoms with Gasteiger partial charge in [-0.3, -0.25) is 0 Å². The second-order valence-electron chi connectivity index (χ2n) is 4.74. The Balaban J connectivity index is 2.24. The van der Waals surface area contributed by atoms with Gasteiger partial charge >= 0.3 is 0 Å². The minimum atomic E-state index is 0.206. The number of hydrogen-bond acceptors (Lipinski definition) is 1. The molecule has 2 aromatic carbocycles. The van der Waals surface area contributed by atoms with Crippen molar-refractivity contribution in [3.8, 4) is 0 Å². The van der Waals surface area contributed by atoms with Crippen LogP contribution in [0.15, 0.2) is 42.5 Å². The van der Waals surface area contributed by atoms with Gasteiger partial charge in [-0.2, -0.15) is 0 Å². The van der Waals surface area contributed by atoms with Gasteiger partial charge in [0.2, 0.25) is 0 Å². The summed E-state index contributed by atoms with van der Waals surface area (Å²) in [6.45, 7) is 2.11. The Morgan fingerprint density at radius 3 is 2.32 bits per heavy atom. The van der Waals surface area contributed by atoms with E-state index in [9.17, 15) is 0 Å². The molecule has 0 spiro atoms. The summed E-state index contributed by atoms with van der Waals surface area (Å²) in [4.78, 5) is 0. The standard InChI is InChI=1S/C16H17Cl2N/c1-11-4-3-5-12(6-11)7-16(19-2)13-8-14(17)10-15(18)9-13/h3-6,8-10,16,19H,7H2,1-2H3. The summed E-state index contributed by atoms with van der Waals surface area (Å²) in [5, 5.41) is 4.67. The molecular formula is C16H17Cl2N. The van der Waals surface area contributed by atoms with E-state index in [2.05, 4.69) is 36.5 Å². The number of aryl methyl sites for hydroxylation is 1. The molecule has 0 fully saturated rings. The highest BCUT2D eigenvalue weighted by atomic mass is 35.5. The summed E-state index contributed by atoms with van der Waals surface area (Å²) in [6, 6.07) is 14.4. The second kappa shape index (κ2) is 6.42. The highest BCUT2D eigenvalue weighted by Crippen LogP contribution is 2.25. The number of benzene rings is 2. The lowest BCUT2D eigenvalue weighted by Gasteiger charge is -2.18. The maximum absolute atomic E-state index is 6.07. The zero-order chi connectivity index (χ0) is 13.8. The molecule has 100 valence electrons. The van der Waals surface area contributed by atoms with E-state index in [4.69, 9.17) is 23.2 Å². The summed E-state index contributed by atoms with van der Waals surface area (Å²) in [6.07, 6.45) is 0.912. The van der Waals surface area contributed by atoms with Crippen LogP contribution in [0.3, 0.4) is 0 Å². The molecule has 1 atom stereocenters.